The summed E-state index contributed by atoms with van der Waals surface area (Å²) in [5, 5.41) is 14.2. The number of hydrogen-bond donors (Lipinski definition) is 1. The average molecular weight is 480 g/mol. The van der Waals surface area contributed by atoms with Gasteiger partial charge in [-0.15, -0.1) is 17.5 Å². The van der Waals surface area contributed by atoms with Crippen molar-refractivity contribution < 1.29 is 14.3 Å². The second-order valence-electron chi connectivity index (χ2n) is 7.41. The maximum absolute atomic E-state index is 12.4. The van der Waals surface area contributed by atoms with Gasteiger partial charge in [-0.3, -0.25) is 4.98 Å². The van der Waals surface area contributed by atoms with Crippen molar-refractivity contribution in [1.82, 2.24) is 25.6 Å². The number of carbonyl (C=O) groups is 1. The Morgan fingerprint density at radius 1 is 1.00 bits per heavy atom. The molecule has 0 radical (unpaired) electrons. The summed E-state index contributed by atoms with van der Waals surface area (Å²) in [6.07, 6.45) is 1.36. The van der Waals surface area contributed by atoms with Gasteiger partial charge in [0.05, 0.1) is 12.8 Å². The van der Waals surface area contributed by atoms with Crippen molar-refractivity contribution in [3.63, 3.8) is 0 Å². The number of methoxy groups -OCH3 is 1. The van der Waals surface area contributed by atoms with Crippen LogP contribution in [-0.2, 0) is 24.2 Å². The Hall–Kier alpha value is -3.78. The van der Waals surface area contributed by atoms with Crippen LogP contribution in [0.5, 0.6) is 5.75 Å². The first-order valence-corrected chi connectivity index (χ1v) is 10.8. The van der Waals surface area contributed by atoms with Crippen LogP contribution in [0.3, 0.4) is 0 Å². The normalized spacial score (nSPS) is 10.4. The van der Waals surface area contributed by atoms with Gasteiger partial charge in [0.1, 0.15) is 17.9 Å². The molecule has 2 aromatic carbocycles. The van der Waals surface area contributed by atoms with Gasteiger partial charge in [-0.2, -0.15) is 0 Å². The van der Waals surface area contributed by atoms with Crippen molar-refractivity contribution in [2.24, 2.45) is 0 Å². The Morgan fingerprint density at radius 3 is 2.35 bits per heavy atom. The SMILES string of the molecule is CCc1cc(OCc2ccc(-c3ccccc3-c3nnn[nH]3)cc2)c(C(=O)OC)c(CC)n1.Cl. The van der Waals surface area contributed by atoms with Crippen LogP contribution in [0.2, 0.25) is 0 Å². The predicted octanol–water partition coefficient (Wildman–Crippen LogP) is 4.84. The zero-order valence-corrected chi connectivity index (χ0v) is 20.1. The van der Waals surface area contributed by atoms with E-state index in [0.717, 1.165) is 34.4 Å². The number of carbonyl (C=O) groups excluding carboxylic acids is 1. The Bertz CT molecular complexity index is 1240. The molecule has 0 aliphatic heterocycles. The minimum absolute atomic E-state index is 0. The molecule has 0 saturated heterocycles. The highest BCUT2D eigenvalue weighted by Gasteiger charge is 2.20. The molecule has 0 fully saturated rings. The number of pyridine rings is 1. The highest BCUT2D eigenvalue weighted by Crippen LogP contribution is 2.30. The number of benzene rings is 2. The first-order valence-electron chi connectivity index (χ1n) is 10.8. The molecule has 0 bridgehead atoms. The third-order valence-corrected chi connectivity index (χ3v) is 5.38. The summed E-state index contributed by atoms with van der Waals surface area (Å²) in [7, 11) is 1.37. The van der Waals surface area contributed by atoms with Gasteiger partial charge in [-0.05, 0) is 40.0 Å². The molecule has 0 saturated carbocycles. The number of hydrogen-bond acceptors (Lipinski definition) is 7. The van der Waals surface area contributed by atoms with Crippen LogP contribution in [-0.4, -0.2) is 38.7 Å². The lowest BCUT2D eigenvalue weighted by Gasteiger charge is -2.15. The van der Waals surface area contributed by atoms with Gasteiger partial charge in [-0.1, -0.05) is 62.4 Å². The number of esters is 1. The van der Waals surface area contributed by atoms with Crippen LogP contribution in [0.25, 0.3) is 22.5 Å². The number of nitrogens with one attached hydrogen (secondary N) is 1. The summed E-state index contributed by atoms with van der Waals surface area (Å²) in [5.41, 5.74) is 5.90. The second kappa shape index (κ2) is 11.4. The average Bonchev–Trinajstić information content (AvgIpc) is 3.41. The van der Waals surface area contributed by atoms with Crippen LogP contribution in [0.4, 0.5) is 0 Å². The van der Waals surface area contributed by atoms with E-state index in [-0.39, 0.29) is 12.4 Å². The van der Waals surface area contributed by atoms with E-state index in [0.29, 0.717) is 35.9 Å². The number of H-pyrrole nitrogens is 1. The molecule has 4 aromatic rings. The maximum Gasteiger partial charge on any atom is 0.343 e. The van der Waals surface area contributed by atoms with Crippen LogP contribution in [0.15, 0.2) is 54.6 Å². The number of nitrogens with zero attached hydrogens (tertiary/aromatic N) is 4. The molecule has 0 unspecified atom stereocenters. The van der Waals surface area contributed by atoms with Crippen molar-refractivity contribution in [3.8, 4) is 28.3 Å². The quantitative estimate of drug-likeness (QED) is 0.360. The number of aryl methyl sites for hydroxylation is 2. The first kappa shape index (κ1) is 24.9. The van der Waals surface area contributed by atoms with Gasteiger partial charge in [0.15, 0.2) is 5.82 Å². The van der Waals surface area contributed by atoms with Gasteiger partial charge in [0.2, 0.25) is 0 Å². The summed E-state index contributed by atoms with van der Waals surface area (Å²) in [6, 6.07) is 17.8. The van der Waals surface area contributed by atoms with E-state index in [1.165, 1.54) is 7.11 Å². The molecule has 9 heteroatoms. The monoisotopic (exact) mass is 479 g/mol. The molecule has 1 N–H and O–H groups in total. The molecular formula is C25H26ClN5O3. The highest BCUT2D eigenvalue weighted by molar-refractivity contribution is 5.93. The van der Waals surface area contributed by atoms with E-state index < -0.39 is 5.97 Å². The topological polar surface area (TPSA) is 103 Å². The number of aromatic nitrogens is 5. The summed E-state index contributed by atoms with van der Waals surface area (Å²) >= 11 is 0. The van der Waals surface area contributed by atoms with Crippen LogP contribution in [0.1, 0.15) is 41.2 Å². The van der Waals surface area contributed by atoms with E-state index >= 15 is 0 Å². The van der Waals surface area contributed by atoms with Gasteiger partial charge < -0.3 is 9.47 Å². The zero-order chi connectivity index (χ0) is 23.2. The van der Waals surface area contributed by atoms with Crippen LogP contribution in [0, 0.1) is 0 Å². The lowest BCUT2D eigenvalue weighted by Crippen LogP contribution is -2.12. The minimum Gasteiger partial charge on any atom is -0.488 e. The van der Waals surface area contributed by atoms with Crippen molar-refractivity contribution >= 4 is 18.4 Å². The molecule has 8 nitrogen and oxygen atoms in total. The Labute approximate surface area is 204 Å². The van der Waals surface area contributed by atoms with E-state index in [4.69, 9.17) is 9.47 Å². The molecule has 0 atom stereocenters. The summed E-state index contributed by atoms with van der Waals surface area (Å²) in [6.45, 7) is 4.30. The number of rotatable bonds is 8. The van der Waals surface area contributed by atoms with E-state index in [9.17, 15) is 4.79 Å². The largest absolute Gasteiger partial charge is 0.488 e. The summed E-state index contributed by atoms with van der Waals surface area (Å²) in [5.74, 6) is 0.674. The molecule has 0 amide bonds. The molecule has 4 rings (SSSR count). The standard InChI is InChI=1S/C25H25N5O3.ClH/c1-4-18-14-22(23(25(31)32-3)21(5-2)26-18)33-15-16-10-12-17(13-11-16)19-8-6-7-9-20(19)24-27-29-30-28-24;/h6-14H,4-5,15H2,1-3H3,(H,27,28,29,30);1H. The van der Waals surface area contributed by atoms with Crippen molar-refractivity contribution in [1.29, 1.82) is 0 Å². The number of aromatic amines is 1. The number of tetrazole rings is 1. The van der Waals surface area contributed by atoms with Crippen molar-refractivity contribution in [2.75, 3.05) is 7.11 Å². The fourth-order valence-electron chi connectivity index (χ4n) is 3.65. The molecule has 2 heterocycles. The molecule has 0 aliphatic rings. The second-order valence-corrected chi connectivity index (χ2v) is 7.41. The lowest BCUT2D eigenvalue weighted by atomic mass is 9.98. The fourth-order valence-corrected chi connectivity index (χ4v) is 3.65. The predicted molar refractivity (Wildman–Crippen MR) is 131 cm³/mol. The van der Waals surface area contributed by atoms with Crippen LogP contribution < -0.4 is 4.74 Å². The Balaban J connectivity index is 0.00000324. The van der Waals surface area contributed by atoms with E-state index in [1.807, 2.05) is 68.4 Å². The smallest absolute Gasteiger partial charge is 0.343 e. The fraction of sp³-hybridized carbons (Fsp3) is 0.240. The Kier molecular flexibility index (Phi) is 8.32. The molecule has 34 heavy (non-hydrogen) atoms. The van der Waals surface area contributed by atoms with E-state index in [2.05, 4.69) is 25.6 Å². The minimum atomic E-state index is -0.439. The summed E-state index contributed by atoms with van der Waals surface area (Å²) in [4.78, 5) is 17.0. The van der Waals surface area contributed by atoms with E-state index in [1.54, 1.807) is 0 Å². The zero-order valence-electron chi connectivity index (χ0n) is 19.2. The van der Waals surface area contributed by atoms with Gasteiger partial charge in [0, 0.05) is 17.3 Å². The van der Waals surface area contributed by atoms with Gasteiger partial charge >= 0.3 is 5.97 Å². The Morgan fingerprint density at radius 2 is 1.74 bits per heavy atom. The first-order chi connectivity index (χ1) is 16.1. The van der Waals surface area contributed by atoms with Crippen LogP contribution >= 0.6 is 12.4 Å². The molecular weight excluding hydrogens is 454 g/mol. The summed E-state index contributed by atoms with van der Waals surface area (Å²) < 4.78 is 11.1. The molecule has 176 valence electrons. The molecule has 2 aromatic heterocycles. The lowest BCUT2D eigenvalue weighted by molar-refractivity contribution is 0.0593. The number of ether oxygens (including phenoxy) is 2. The third kappa shape index (κ3) is 5.23. The highest BCUT2D eigenvalue weighted by atomic mass is 35.5. The molecule has 0 spiro atoms. The van der Waals surface area contributed by atoms with Gasteiger partial charge in [-0.25, -0.2) is 9.89 Å². The molecule has 0 aliphatic carbocycles. The van der Waals surface area contributed by atoms with Crippen molar-refractivity contribution in [2.45, 2.75) is 33.3 Å². The van der Waals surface area contributed by atoms with Gasteiger partial charge in [0.25, 0.3) is 0 Å². The van der Waals surface area contributed by atoms with Crippen molar-refractivity contribution in [3.05, 3.63) is 77.1 Å². The number of halogens is 1. The third-order valence-electron chi connectivity index (χ3n) is 5.38. The maximum atomic E-state index is 12.4.